The van der Waals surface area contributed by atoms with Crippen molar-refractivity contribution in [3.05, 3.63) is 48.4 Å². The van der Waals surface area contributed by atoms with Crippen LogP contribution in [-0.2, 0) is 6.54 Å². The van der Waals surface area contributed by atoms with E-state index in [1.54, 1.807) is 13.4 Å². The largest absolute Gasteiger partial charge is 0.497 e. The van der Waals surface area contributed by atoms with Crippen LogP contribution in [-0.4, -0.2) is 72.7 Å². The van der Waals surface area contributed by atoms with Crippen LogP contribution in [0, 0.1) is 0 Å². The molecule has 1 aliphatic heterocycles. The molecule has 0 saturated carbocycles. The first-order valence-electron chi connectivity index (χ1n) is 10.3. The predicted molar refractivity (Wildman–Crippen MR) is 122 cm³/mol. The van der Waals surface area contributed by atoms with Crippen molar-refractivity contribution in [1.29, 1.82) is 0 Å². The number of likely N-dealkylation sites (N-methyl/N-ethyl adjacent to an activating group) is 1. The maximum absolute atomic E-state index is 5.71. The molecule has 0 aliphatic carbocycles. The summed E-state index contributed by atoms with van der Waals surface area (Å²) in [6.45, 7) is 10.7. The van der Waals surface area contributed by atoms with Gasteiger partial charge < -0.3 is 29.2 Å². The summed E-state index contributed by atoms with van der Waals surface area (Å²) in [5.74, 6) is 1.75. The lowest BCUT2D eigenvalue weighted by atomic mass is 10.2. The number of anilines is 1. The van der Waals surface area contributed by atoms with E-state index >= 15 is 0 Å². The Hall–Kier alpha value is -2.09. The highest BCUT2D eigenvalue weighted by molar-refractivity contribution is 7.80. The van der Waals surface area contributed by atoms with Gasteiger partial charge in [-0.15, -0.1) is 0 Å². The molecular weight excluding hydrogens is 384 g/mol. The molecule has 1 aromatic carbocycles. The van der Waals surface area contributed by atoms with Crippen LogP contribution in [0.3, 0.4) is 0 Å². The fraction of sp³-hybridized carbons (Fsp3) is 0.500. The van der Waals surface area contributed by atoms with Crippen molar-refractivity contribution in [2.45, 2.75) is 19.9 Å². The molecule has 1 N–H and O–H groups in total. The van der Waals surface area contributed by atoms with Gasteiger partial charge in [0.2, 0.25) is 0 Å². The fourth-order valence-electron chi connectivity index (χ4n) is 3.53. The molecule has 1 saturated heterocycles. The van der Waals surface area contributed by atoms with Crippen molar-refractivity contribution >= 4 is 23.0 Å². The van der Waals surface area contributed by atoms with Crippen molar-refractivity contribution in [2.75, 3.05) is 58.2 Å². The average Bonchev–Trinajstić information content (AvgIpc) is 3.27. The molecule has 0 amide bonds. The molecule has 1 aliphatic rings. The third-order valence-electron chi connectivity index (χ3n) is 5.37. The van der Waals surface area contributed by atoms with Crippen LogP contribution in [0.5, 0.6) is 5.75 Å². The quantitative estimate of drug-likeness (QED) is 0.628. The molecule has 0 atom stereocenters. The van der Waals surface area contributed by atoms with Gasteiger partial charge in [-0.05, 0) is 68.1 Å². The first kappa shape index (κ1) is 21.6. The minimum absolute atomic E-state index is 0.665. The van der Waals surface area contributed by atoms with Crippen molar-refractivity contribution in [3.63, 3.8) is 0 Å². The first-order chi connectivity index (χ1) is 14.2. The number of rotatable bonds is 9. The summed E-state index contributed by atoms with van der Waals surface area (Å²) in [6, 6.07) is 11.7. The van der Waals surface area contributed by atoms with E-state index in [9.17, 15) is 0 Å². The Morgan fingerprint density at radius 1 is 1.14 bits per heavy atom. The third kappa shape index (κ3) is 6.73. The lowest BCUT2D eigenvalue weighted by Crippen LogP contribution is -2.46. The lowest BCUT2D eigenvalue weighted by molar-refractivity contribution is 0.134. The number of furan rings is 1. The molecule has 0 bridgehead atoms. The van der Waals surface area contributed by atoms with E-state index in [-0.39, 0.29) is 0 Å². The smallest absolute Gasteiger partial charge is 0.173 e. The van der Waals surface area contributed by atoms with E-state index in [0.717, 1.165) is 56.3 Å². The lowest BCUT2D eigenvalue weighted by Gasteiger charge is -2.34. The Bertz CT molecular complexity index is 728. The van der Waals surface area contributed by atoms with Gasteiger partial charge in [0, 0.05) is 38.4 Å². The summed E-state index contributed by atoms with van der Waals surface area (Å²) < 4.78 is 10.8. The molecular formula is C22H32N4O2S. The minimum Gasteiger partial charge on any atom is -0.497 e. The summed E-state index contributed by atoms with van der Waals surface area (Å²) in [4.78, 5) is 7.24. The zero-order valence-electron chi connectivity index (χ0n) is 17.5. The van der Waals surface area contributed by atoms with Crippen LogP contribution in [0.4, 0.5) is 5.69 Å². The third-order valence-corrected chi connectivity index (χ3v) is 5.73. The van der Waals surface area contributed by atoms with Gasteiger partial charge in [0.15, 0.2) is 5.11 Å². The van der Waals surface area contributed by atoms with E-state index in [0.29, 0.717) is 11.7 Å². The number of methoxy groups -OCH3 is 1. The van der Waals surface area contributed by atoms with Crippen LogP contribution in [0.2, 0.25) is 0 Å². The second-order valence-electron chi connectivity index (χ2n) is 7.29. The molecule has 29 heavy (non-hydrogen) atoms. The van der Waals surface area contributed by atoms with Crippen molar-refractivity contribution < 1.29 is 9.15 Å². The molecule has 1 aromatic heterocycles. The highest BCUT2D eigenvalue weighted by Crippen LogP contribution is 2.16. The highest BCUT2D eigenvalue weighted by atomic mass is 32.1. The SMILES string of the molecule is CCN1CCN(CCCN(Cc2ccco2)C(=S)Nc2ccc(OC)cc2)CC1. The second-order valence-corrected chi connectivity index (χ2v) is 7.68. The zero-order valence-corrected chi connectivity index (χ0v) is 18.3. The molecule has 0 unspecified atom stereocenters. The van der Waals surface area contributed by atoms with Crippen LogP contribution < -0.4 is 10.1 Å². The van der Waals surface area contributed by atoms with Crippen molar-refractivity contribution in [3.8, 4) is 5.75 Å². The monoisotopic (exact) mass is 416 g/mol. The number of hydrogen-bond donors (Lipinski definition) is 1. The normalized spacial score (nSPS) is 15.2. The first-order valence-corrected chi connectivity index (χ1v) is 10.8. The van der Waals surface area contributed by atoms with E-state index in [1.807, 2.05) is 36.4 Å². The zero-order chi connectivity index (χ0) is 20.5. The average molecular weight is 417 g/mol. The van der Waals surface area contributed by atoms with Gasteiger partial charge >= 0.3 is 0 Å². The molecule has 2 aromatic rings. The second kappa shape index (κ2) is 11.2. The number of nitrogens with one attached hydrogen (secondary N) is 1. The Kier molecular flexibility index (Phi) is 8.34. The summed E-state index contributed by atoms with van der Waals surface area (Å²) in [7, 11) is 1.67. The van der Waals surface area contributed by atoms with Crippen LogP contribution in [0.1, 0.15) is 19.1 Å². The number of nitrogens with zero attached hydrogens (tertiary/aromatic N) is 3. The maximum Gasteiger partial charge on any atom is 0.173 e. The summed E-state index contributed by atoms with van der Waals surface area (Å²) in [5.41, 5.74) is 0.955. The molecule has 158 valence electrons. The van der Waals surface area contributed by atoms with E-state index in [1.165, 1.54) is 13.1 Å². The van der Waals surface area contributed by atoms with Crippen LogP contribution in [0.25, 0.3) is 0 Å². The van der Waals surface area contributed by atoms with Crippen LogP contribution >= 0.6 is 12.2 Å². The standard InChI is InChI=1S/C22H32N4O2S/c1-3-24-13-15-25(16-14-24)11-5-12-26(18-21-6-4-17-28-21)22(29)23-19-7-9-20(27-2)10-8-19/h4,6-10,17H,3,5,11-16,18H2,1-2H3,(H,23,29). The number of piperazine rings is 1. The molecule has 0 spiro atoms. The number of hydrogen-bond acceptors (Lipinski definition) is 5. The molecule has 2 heterocycles. The van der Waals surface area contributed by atoms with E-state index in [4.69, 9.17) is 21.4 Å². The van der Waals surface area contributed by atoms with Gasteiger partial charge in [-0.2, -0.15) is 0 Å². The van der Waals surface area contributed by atoms with Crippen molar-refractivity contribution in [2.24, 2.45) is 0 Å². The Labute approximate surface area is 179 Å². The van der Waals surface area contributed by atoms with Crippen LogP contribution in [0.15, 0.2) is 47.1 Å². The topological polar surface area (TPSA) is 44.1 Å². The van der Waals surface area contributed by atoms with Gasteiger partial charge in [-0.1, -0.05) is 6.92 Å². The Morgan fingerprint density at radius 2 is 1.86 bits per heavy atom. The molecule has 1 fully saturated rings. The minimum atomic E-state index is 0.665. The van der Waals surface area contributed by atoms with Gasteiger partial charge in [0.25, 0.3) is 0 Å². The summed E-state index contributed by atoms with van der Waals surface area (Å²) in [6.07, 6.45) is 2.78. The molecule has 6 nitrogen and oxygen atoms in total. The number of ether oxygens (including phenoxy) is 1. The number of benzene rings is 1. The molecule has 3 rings (SSSR count). The Balaban J connectivity index is 1.53. The molecule has 0 radical (unpaired) electrons. The Morgan fingerprint density at radius 3 is 2.48 bits per heavy atom. The summed E-state index contributed by atoms with van der Waals surface area (Å²) >= 11 is 5.71. The highest BCUT2D eigenvalue weighted by Gasteiger charge is 2.17. The van der Waals surface area contributed by atoms with Gasteiger partial charge in [-0.25, -0.2) is 0 Å². The maximum atomic E-state index is 5.71. The number of thiocarbonyl (C=S) groups is 1. The van der Waals surface area contributed by atoms with Gasteiger partial charge in [0.1, 0.15) is 11.5 Å². The van der Waals surface area contributed by atoms with E-state index in [2.05, 4.69) is 26.9 Å². The summed E-state index contributed by atoms with van der Waals surface area (Å²) in [5, 5.41) is 4.06. The van der Waals surface area contributed by atoms with Gasteiger partial charge in [-0.3, -0.25) is 0 Å². The van der Waals surface area contributed by atoms with Gasteiger partial charge in [0.05, 0.1) is 19.9 Å². The molecule has 7 heteroatoms. The van der Waals surface area contributed by atoms with E-state index < -0.39 is 0 Å². The predicted octanol–water partition coefficient (Wildman–Crippen LogP) is 3.51. The van der Waals surface area contributed by atoms with Crippen molar-refractivity contribution in [1.82, 2.24) is 14.7 Å². The fourth-order valence-corrected chi connectivity index (χ4v) is 3.81.